The molecule has 78 heavy (non-hydrogen) atoms. The number of nitrogens with zero attached hydrogens (tertiary/aromatic N) is 3. The molecule has 2 fully saturated rings. The summed E-state index contributed by atoms with van der Waals surface area (Å²) in [6.07, 6.45) is 2.70. The smallest absolute Gasteiger partial charge is 0.410 e. The average Bonchev–Trinajstić information content (AvgIpc) is 3.43. The fourth-order valence-corrected chi connectivity index (χ4v) is 9.71. The summed E-state index contributed by atoms with van der Waals surface area (Å²) < 4.78 is 50.8. The van der Waals surface area contributed by atoms with E-state index in [-0.39, 0.29) is 60.4 Å². The van der Waals surface area contributed by atoms with Crippen LogP contribution in [-0.2, 0) is 36.9 Å². The van der Waals surface area contributed by atoms with Gasteiger partial charge >= 0.3 is 6.09 Å². The van der Waals surface area contributed by atoms with Gasteiger partial charge in [0.15, 0.2) is 23.0 Å². The first kappa shape index (κ1) is 64.9. The van der Waals surface area contributed by atoms with E-state index in [2.05, 4.69) is 31.3 Å². The van der Waals surface area contributed by atoms with Gasteiger partial charge < -0.3 is 62.6 Å². The molecule has 0 aromatic heterocycles. The van der Waals surface area contributed by atoms with E-state index in [9.17, 15) is 14.4 Å². The Hall–Kier alpha value is -5.62. The van der Waals surface area contributed by atoms with E-state index in [1.165, 1.54) is 5.56 Å². The van der Waals surface area contributed by atoms with Gasteiger partial charge in [0.2, 0.25) is 0 Å². The average molecular weight is 1110 g/mol. The minimum absolute atomic E-state index is 0. The number of carbonyl (C=O) groups is 3. The van der Waals surface area contributed by atoms with Crippen molar-refractivity contribution in [2.75, 3.05) is 94.3 Å². The Morgan fingerprint density at radius 2 is 1.05 bits per heavy atom. The summed E-state index contributed by atoms with van der Waals surface area (Å²) in [6.45, 7) is 20.6. The van der Waals surface area contributed by atoms with Crippen LogP contribution in [0.5, 0.6) is 23.0 Å². The van der Waals surface area contributed by atoms with Crippen molar-refractivity contribution in [3.8, 4) is 23.0 Å². The number of piperidine rings is 2. The van der Waals surface area contributed by atoms with Crippen molar-refractivity contribution in [2.24, 2.45) is 11.8 Å². The fraction of sp³-hybridized carbons (Fsp3) is 0.557. The molecule has 0 bridgehead atoms. The predicted molar refractivity (Wildman–Crippen MR) is 306 cm³/mol. The number of likely N-dealkylation sites (tertiary alicyclic amines) is 1. The van der Waals surface area contributed by atoms with Crippen LogP contribution in [-0.4, -0.2) is 157 Å². The van der Waals surface area contributed by atoms with Crippen LogP contribution in [0, 0.1) is 11.8 Å². The molecule has 0 saturated carbocycles. The molecule has 2 unspecified atom stereocenters. The fourth-order valence-electron chi connectivity index (χ4n) is 9.71. The molecule has 3 amide bonds. The number of halogens is 1. The Morgan fingerprint density at radius 1 is 0.590 bits per heavy atom. The van der Waals surface area contributed by atoms with Gasteiger partial charge in [0, 0.05) is 102 Å². The van der Waals surface area contributed by atoms with Gasteiger partial charge in [-0.3, -0.25) is 9.59 Å². The van der Waals surface area contributed by atoms with Crippen molar-refractivity contribution in [1.82, 2.24) is 20.0 Å². The number of amides is 3. The summed E-state index contributed by atoms with van der Waals surface area (Å²) in [5, 5.41) is 3.51. The summed E-state index contributed by atoms with van der Waals surface area (Å²) in [4.78, 5) is 46.5. The number of hydrogen-bond acceptors (Lipinski definition) is 13. The molecule has 17 heteroatoms. The molecule has 432 valence electrons. The highest BCUT2D eigenvalue weighted by Gasteiger charge is 2.39. The van der Waals surface area contributed by atoms with Gasteiger partial charge in [0.1, 0.15) is 5.60 Å². The van der Waals surface area contributed by atoms with Crippen molar-refractivity contribution < 1.29 is 57.0 Å². The Labute approximate surface area is 471 Å². The van der Waals surface area contributed by atoms with Crippen molar-refractivity contribution in [3.63, 3.8) is 0 Å². The zero-order valence-electron chi connectivity index (χ0n) is 48.2. The quantitative estimate of drug-likeness (QED) is 0.0594. The second-order valence-corrected chi connectivity index (χ2v) is 21.3. The first-order valence-electron chi connectivity index (χ1n) is 27.2. The molecule has 0 aliphatic carbocycles. The van der Waals surface area contributed by atoms with Crippen LogP contribution < -0.4 is 24.3 Å². The maximum atomic E-state index is 14.1. The SMILES string of the molecule is COCCCOc1cc(C(=O)N(C(C)C)C2CNC[C@@H](COCc3ccccc3)C2)ccc1OC.COCCCOc1cc(C(=O)N(C(C)C)C2C[C@H](COCc3ccccc3)CN(C(=O)OC(C)(C)C)C2)ccc1OC.Cl. The molecule has 16 nitrogen and oxygen atoms in total. The van der Waals surface area contributed by atoms with Crippen molar-refractivity contribution in [1.29, 1.82) is 0 Å². The van der Waals surface area contributed by atoms with E-state index in [0.29, 0.717) is 119 Å². The van der Waals surface area contributed by atoms with Crippen LogP contribution in [0.15, 0.2) is 97.1 Å². The number of ether oxygens (including phenoxy) is 9. The van der Waals surface area contributed by atoms with E-state index >= 15 is 0 Å². The maximum Gasteiger partial charge on any atom is 0.410 e. The molecule has 1 N–H and O–H groups in total. The minimum atomic E-state index is -0.625. The monoisotopic (exact) mass is 1100 g/mol. The molecule has 0 radical (unpaired) electrons. The summed E-state index contributed by atoms with van der Waals surface area (Å²) in [6, 6.07) is 30.7. The van der Waals surface area contributed by atoms with Crippen LogP contribution in [0.3, 0.4) is 0 Å². The minimum Gasteiger partial charge on any atom is -0.493 e. The molecule has 6 rings (SSSR count). The summed E-state index contributed by atoms with van der Waals surface area (Å²) in [5.41, 5.74) is 2.74. The highest BCUT2D eigenvalue weighted by molar-refractivity contribution is 5.96. The zero-order valence-corrected chi connectivity index (χ0v) is 49.0. The summed E-state index contributed by atoms with van der Waals surface area (Å²) in [5.74, 6) is 2.51. The number of nitrogens with one attached hydrogen (secondary N) is 1. The molecule has 0 spiro atoms. The lowest BCUT2D eigenvalue weighted by molar-refractivity contribution is -0.0153. The predicted octanol–water partition coefficient (Wildman–Crippen LogP) is 10.4. The lowest BCUT2D eigenvalue weighted by atomic mass is 9.92. The Balaban J connectivity index is 0.000000337. The van der Waals surface area contributed by atoms with Gasteiger partial charge in [0.25, 0.3) is 11.8 Å². The summed E-state index contributed by atoms with van der Waals surface area (Å²) >= 11 is 0. The van der Waals surface area contributed by atoms with Gasteiger partial charge in [-0.05, 0) is 115 Å². The van der Waals surface area contributed by atoms with Crippen LogP contribution in [0.4, 0.5) is 4.79 Å². The second kappa shape index (κ2) is 33.7. The third kappa shape index (κ3) is 20.9. The van der Waals surface area contributed by atoms with E-state index in [4.69, 9.17) is 42.6 Å². The second-order valence-electron chi connectivity index (χ2n) is 21.3. The van der Waals surface area contributed by atoms with Crippen molar-refractivity contribution in [3.05, 3.63) is 119 Å². The zero-order chi connectivity index (χ0) is 55.7. The molecule has 2 saturated heterocycles. The molecule has 4 aromatic carbocycles. The van der Waals surface area contributed by atoms with Gasteiger partial charge in [-0.2, -0.15) is 0 Å². The molecular weight excluding hydrogens is 1020 g/mol. The number of rotatable bonds is 26. The number of benzene rings is 4. The van der Waals surface area contributed by atoms with Gasteiger partial charge in [-0.1, -0.05) is 60.7 Å². The third-order valence-corrected chi connectivity index (χ3v) is 13.2. The first-order valence-corrected chi connectivity index (χ1v) is 27.2. The van der Waals surface area contributed by atoms with Gasteiger partial charge in [0.05, 0.1) is 59.9 Å². The van der Waals surface area contributed by atoms with Crippen LogP contribution >= 0.6 is 12.4 Å². The highest BCUT2D eigenvalue weighted by atomic mass is 35.5. The largest absolute Gasteiger partial charge is 0.493 e. The Morgan fingerprint density at radius 3 is 1.50 bits per heavy atom. The number of hydrogen-bond donors (Lipinski definition) is 1. The first-order chi connectivity index (χ1) is 37.0. The van der Waals surface area contributed by atoms with E-state index in [0.717, 1.165) is 31.5 Å². The van der Waals surface area contributed by atoms with Crippen LogP contribution in [0.1, 0.15) is 106 Å². The van der Waals surface area contributed by atoms with Crippen LogP contribution in [0.25, 0.3) is 0 Å². The molecule has 2 heterocycles. The molecule has 2 aliphatic rings. The Kier molecular flexibility index (Phi) is 28.1. The number of methoxy groups -OCH3 is 4. The maximum absolute atomic E-state index is 14.1. The number of carbonyl (C=O) groups excluding carboxylic acids is 3. The lowest BCUT2D eigenvalue weighted by Gasteiger charge is -2.44. The molecule has 4 atom stereocenters. The van der Waals surface area contributed by atoms with Crippen molar-refractivity contribution in [2.45, 2.75) is 117 Å². The molecule has 2 aliphatic heterocycles. The normalized spacial score (nSPS) is 17.3. The molecular formula is C61H89ClN4O12. The van der Waals surface area contributed by atoms with Crippen molar-refractivity contribution >= 4 is 30.3 Å². The molecule has 4 aromatic rings. The summed E-state index contributed by atoms with van der Waals surface area (Å²) in [7, 11) is 6.50. The standard InChI is InChI=1S/C33H48N2O7.C28H40N2O5.ClH/c1-24(2)35(31(36)27-14-15-29(39-7)30(19-27)41-17-11-16-38-6)28-18-26(23-40-22-25-12-9-8-10-13-25)20-34(21-28)32(37)42-33(3,4)5;1-21(2)30(25-15-23(17-29-18-25)20-34-19-22-9-6-5-7-10-22)28(31)24-11-12-26(33-4)27(16-24)35-14-8-13-32-3;/h8-10,12-15,19,24,26,28H,11,16-18,20-23H2,1-7H3;5-7,9-12,16,21,23,25,29H,8,13-15,17-20H2,1-4H3;1H/t26-,28?;23-,25?;/m00./s1. The Bertz CT molecular complexity index is 2370. The third-order valence-electron chi connectivity index (χ3n) is 13.2. The lowest BCUT2D eigenvalue weighted by Crippen LogP contribution is -2.57. The van der Waals surface area contributed by atoms with Crippen LogP contribution in [0.2, 0.25) is 0 Å². The van der Waals surface area contributed by atoms with E-state index in [1.54, 1.807) is 63.7 Å². The topological polar surface area (TPSA) is 156 Å². The van der Waals surface area contributed by atoms with Gasteiger partial charge in [-0.15, -0.1) is 12.4 Å². The van der Waals surface area contributed by atoms with Gasteiger partial charge in [-0.25, -0.2) is 4.79 Å². The van der Waals surface area contributed by atoms with E-state index in [1.807, 2.05) is 99.0 Å². The highest BCUT2D eigenvalue weighted by Crippen LogP contribution is 2.33. The van der Waals surface area contributed by atoms with E-state index < -0.39 is 5.60 Å².